The molecule has 0 saturated carbocycles. The normalized spacial score (nSPS) is 17.3. The highest BCUT2D eigenvalue weighted by Gasteiger charge is 2.17. The summed E-state index contributed by atoms with van der Waals surface area (Å²) in [4.78, 5) is 24.1. The van der Waals surface area contributed by atoms with E-state index in [9.17, 15) is 9.59 Å². The van der Waals surface area contributed by atoms with E-state index in [1.807, 2.05) is 30.3 Å². The molecule has 5 heteroatoms. The van der Waals surface area contributed by atoms with Gasteiger partial charge in [0.25, 0.3) is 0 Å². The van der Waals surface area contributed by atoms with E-state index >= 15 is 0 Å². The summed E-state index contributed by atoms with van der Waals surface area (Å²) in [5.41, 5.74) is 5.96. The predicted octanol–water partition coefficient (Wildman–Crippen LogP) is 2.31. The van der Waals surface area contributed by atoms with Crippen molar-refractivity contribution in [2.75, 3.05) is 0 Å². The molecule has 0 bridgehead atoms. The van der Waals surface area contributed by atoms with Crippen molar-refractivity contribution in [2.24, 2.45) is 5.73 Å². The monoisotopic (exact) mass is 263 g/mol. The molecule has 0 saturated heterocycles. The van der Waals surface area contributed by atoms with Gasteiger partial charge in [-0.1, -0.05) is 18.2 Å². The zero-order valence-corrected chi connectivity index (χ0v) is 10.4. The fourth-order valence-electron chi connectivity index (χ4n) is 1.25. The van der Waals surface area contributed by atoms with Crippen LogP contribution in [0.2, 0.25) is 0 Å². The molecule has 3 nitrogen and oxygen atoms in total. The van der Waals surface area contributed by atoms with Crippen LogP contribution >= 0.6 is 23.5 Å². The summed E-state index contributed by atoms with van der Waals surface area (Å²) in [6, 6.07) is 9.33. The van der Waals surface area contributed by atoms with Crippen LogP contribution in [-0.4, -0.2) is 10.2 Å². The van der Waals surface area contributed by atoms with Crippen LogP contribution in [0.15, 0.2) is 58.0 Å². The van der Waals surface area contributed by atoms with Crippen molar-refractivity contribution in [3.63, 3.8) is 0 Å². The van der Waals surface area contributed by atoms with Crippen LogP contribution < -0.4 is 5.73 Å². The van der Waals surface area contributed by atoms with Crippen LogP contribution in [0.5, 0.6) is 0 Å². The lowest BCUT2D eigenvalue weighted by Crippen LogP contribution is -1.96. The maximum absolute atomic E-state index is 11.7. The van der Waals surface area contributed by atoms with Crippen molar-refractivity contribution in [3.05, 3.63) is 53.1 Å². The van der Waals surface area contributed by atoms with Gasteiger partial charge in [-0.05, 0) is 35.7 Å². The number of benzene rings is 1. The van der Waals surface area contributed by atoms with E-state index in [1.54, 1.807) is 0 Å². The first-order valence-electron chi connectivity index (χ1n) is 4.83. The Bertz CT molecular complexity index is 521. The maximum Gasteiger partial charge on any atom is 0.219 e. The summed E-state index contributed by atoms with van der Waals surface area (Å²) in [5, 5.41) is -0.268. The summed E-state index contributed by atoms with van der Waals surface area (Å²) >= 11 is 2.09. The maximum atomic E-state index is 11.7. The van der Waals surface area contributed by atoms with Gasteiger partial charge in [0, 0.05) is 22.0 Å². The molecule has 1 aliphatic rings. The standard InChI is InChI=1S/C12H9NO2S2/c13-9-6-11(14)17-10(9)7-12(15)16-8-4-2-1-3-5-8/h1-7H,13H2/b10-7-. The Morgan fingerprint density at radius 3 is 2.59 bits per heavy atom. The summed E-state index contributed by atoms with van der Waals surface area (Å²) < 4.78 is 0. The molecular formula is C12H9NO2S2. The van der Waals surface area contributed by atoms with Gasteiger partial charge in [-0.3, -0.25) is 9.59 Å². The van der Waals surface area contributed by atoms with Crippen LogP contribution in [0.25, 0.3) is 0 Å². The highest BCUT2D eigenvalue weighted by molar-refractivity contribution is 8.18. The van der Waals surface area contributed by atoms with Gasteiger partial charge in [-0.25, -0.2) is 0 Å². The molecule has 1 heterocycles. The lowest BCUT2D eigenvalue weighted by molar-refractivity contribution is -0.107. The molecule has 0 radical (unpaired) electrons. The number of carbonyl (C=O) groups is 2. The molecule has 0 spiro atoms. The third kappa shape index (κ3) is 3.25. The van der Waals surface area contributed by atoms with Crippen molar-refractivity contribution in [3.8, 4) is 0 Å². The van der Waals surface area contributed by atoms with Gasteiger partial charge in [0.1, 0.15) is 0 Å². The molecule has 1 aromatic carbocycles. The fraction of sp³-hybridized carbons (Fsp3) is 0. The third-order valence-corrected chi connectivity index (χ3v) is 3.70. The van der Waals surface area contributed by atoms with Gasteiger partial charge in [-0.2, -0.15) is 0 Å². The quantitative estimate of drug-likeness (QED) is 0.655. The zero-order chi connectivity index (χ0) is 12.3. The summed E-state index contributed by atoms with van der Waals surface area (Å²) in [6.45, 7) is 0. The van der Waals surface area contributed by atoms with Crippen molar-refractivity contribution in [2.45, 2.75) is 4.90 Å². The highest BCUT2D eigenvalue weighted by atomic mass is 32.2. The highest BCUT2D eigenvalue weighted by Crippen LogP contribution is 2.30. The second kappa shape index (κ2) is 5.25. The number of nitrogens with two attached hydrogens (primary N) is 1. The zero-order valence-electron chi connectivity index (χ0n) is 8.75. The van der Waals surface area contributed by atoms with Crippen LogP contribution in [0.4, 0.5) is 0 Å². The molecule has 86 valence electrons. The first kappa shape index (κ1) is 12.0. The van der Waals surface area contributed by atoms with Crippen LogP contribution in [-0.2, 0) is 9.59 Å². The molecule has 2 rings (SSSR count). The van der Waals surface area contributed by atoms with Crippen LogP contribution in [0.1, 0.15) is 0 Å². The Hall–Kier alpha value is -1.46. The molecule has 1 aromatic rings. The smallest absolute Gasteiger partial charge is 0.219 e. The Kier molecular flexibility index (Phi) is 3.71. The van der Waals surface area contributed by atoms with E-state index in [2.05, 4.69) is 0 Å². The SMILES string of the molecule is NC1=CC(=O)S/C1=C\C(=O)Sc1ccccc1. The van der Waals surface area contributed by atoms with E-state index < -0.39 is 0 Å². The molecule has 0 atom stereocenters. The average Bonchev–Trinajstić information content (AvgIpc) is 2.58. The van der Waals surface area contributed by atoms with Crippen LogP contribution in [0, 0.1) is 0 Å². The molecule has 0 aromatic heterocycles. The number of thioether (sulfide) groups is 2. The van der Waals surface area contributed by atoms with Gasteiger partial charge >= 0.3 is 0 Å². The molecule has 0 amide bonds. The molecule has 2 N–H and O–H groups in total. The van der Waals surface area contributed by atoms with Crippen molar-refractivity contribution >= 4 is 33.8 Å². The summed E-state index contributed by atoms with van der Waals surface area (Å²) in [5.74, 6) is 0. The van der Waals surface area contributed by atoms with Gasteiger partial charge in [0.05, 0.1) is 5.70 Å². The minimum absolute atomic E-state index is 0.133. The Morgan fingerprint density at radius 2 is 2.00 bits per heavy atom. The van der Waals surface area contributed by atoms with Gasteiger partial charge in [-0.15, -0.1) is 0 Å². The molecule has 17 heavy (non-hydrogen) atoms. The third-order valence-electron chi connectivity index (χ3n) is 1.98. The fourth-order valence-corrected chi connectivity index (χ4v) is 2.77. The van der Waals surface area contributed by atoms with Gasteiger partial charge in [0.2, 0.25) is 10.2 Å². The first-order valence-corrected chi connectivity index (χ1v) is 6.46. The van der Waals surface area contributed by atoms with Crippen LogP contribution in [0.3, 0.4) is 0 Å². The molecular weight excluding hydrogens is 254 g/mol. The first-order chi connectivity index (χ1) is 8.15. The topological polar surface area (TPSA) is 60.2 Å². The Labute approximate surface area is 107 Å². The van der Waals surface area contributed by atoms with Crippen molar-refractivity contribution < 1.29 is 9.59 Å². The van der Waals surface area contributed by atoms with E-state index in [-0.39, 0.29) is 10.2 Å². The van der Waals surface area contributed by atoms with E-state index in [0.717, 1.165) is 28.4 Å². The number of hydrogen-bond acceptors (Lipinski definition) is 5. The lowest BCUT2D eigenvalue weighted by atomic mass is 10.4. The second-order valence-corrected chi connectivity index (χ2v) is 5.39. The molecule has 0 fully saturated rings. The summed E-state index contributed by atoms with van der Waals surface area (Å²) in [7, 11) is 0. The lowest BCUT2D eigenvalue weighted by Gasteiger charge is -1.98. The largest absolute Gasteiger partial charge is 0.398 e. The van der Waals surface area contributed by atoms with E-state index in [1.165, 1.54) is 12.2 Å². The van der Waals surface area contributed by atoms with E-state index in [0.29, 0.717) is 10.6 Å². The Balaban J connectivity index is 2.06. The van der Waals surface area contributed by atoms with Gasteiger partial charge in [0.15, 0.2) is 0 Å². The minimum Gasteiger partial charge on any atom is -0.398 e. The molecule has 0 aliphatic carbocycles. The molecule has 1 aliphatic heterocycles. The van der Waals surface area contributed by atoms with E-state index in [4.69, 9.17) is 5.73 Å². The molecule has 0 unspecified atom stereocenters. The number of rotatable bonds is 2. The summed E-state index contributed by atoms with van der Waals surface area (Å²) in [6.07, 6.45) is 2.73. The van der Waals surface area contributed by atoms with Gasteiger partial charge < -0.3 is 5.73 Å². The number of hydrogen-bond donors (Lipinski definition) is 1. The Morgan fingerprint density at radius 1 is 1.29 bits per heavy atom. The average molecular weight is 263 g/mol. The second-order valence-electron chi connectivity index (χ2n) is 3.26. The van der Waals surface area contributed by atoms with Crippen molar-refractivity contribution in [1.82, 2.24) is 0 Å². The number of carbonyl (C=O) groups excluding carboxylic acids is 2. The minimum atomic E-state index is -0.134. The predicted molar refractivity (Wildman–Crippen MR) is 70.3 cm³/mol. The van der Waals surface area contributed by atoms with Crippen molar-refractivity contribution in [1.29, 1.82) is 0 Å².